The zero-order valence-electron chi connectivity index (χ0n) is 9.52. The number of anilines is 1. The Hall–Kier alpha value is -0.240. The number of hydrogen-bond acceptors (Lipinski definition) is 4. The fraction of sp³-hybridized carbons (Fsp3) is 0.600. The fourth-order valence-corrected chi connectivity index (χ4v) is 2.53. The molecule has 4 nitrogen and oxygen atoms in total. The summed E-state index contributed by atoms with van der Waals surface area (Å²) in [5.74, 6) is 2.46. The molecule has 0 aromatic carbocycles. The van der Waals surface area contributed by atoms with Crippen molar-refractivity contribution in [2.24, 2.45) is 0 Å². The molecule has 1 saturated heterocycles. The van der Waals surface area contributed by atoms with Crippen molar-refractivity contribution in [1.29, 1.82) is 0 Å². The van der Waals surface area contributed by atoms with Gasteiger partial charge < -0.3 is 4.90 Å². The van der Waals surface area contributed by atoms with Crippen molar-refractivity contribution in [3.63, 3.8) is 0 Å². The lowest BCUT2D eigenvalue weighted by molar-refractivity contribution is 0.672. The monoisotopic (exact) mass is 353 g/mol. The summed E-state index contributed by atoms with van der Waals surface area (Å²) >= 11 is 2.15. The second-order valence-corrected chi connectivity index (χ2v) is 5.05. The van der Waals surface area contributed by atoms with E-state index in [4.69, 9.17) is 0 Å². The molecule has 0 N–H and O–H groups in total. The summed E-state index contributed by atoms with van der Waals surface area (Å²) in [6.07, 6.45) is 1.58. The molecule has 0 amide bonds. The van der Waals surface area contributed by atoms with Crippen LogP contribution in [0, 0.1) is 6.92 Å². The molecule has 0 bridgehead atoms. The van der Waals surface area contributed by atoms with Gasteiger partial charge >= 0.3 is 0 Å². The molecule has 2 heterocycles. The minimum Gasteiger partial charge on any atom is -0.355 e. The van der Waals surface area contributed by atoms with Crippen molar-refractivity contribution < 1.29 is 4.21 Å². The third kappa shape index (κ3) is 3.97. The van der Waals surface area contributed by atoms with Gasteiger partial charge in [-0.3, -0.25) is 4.21 Å². The predicted octanol–water partition coefficient (Wildman–Crippen LogP) is 1.40. The third-order valence-electron chi connectivity index (χ3n) is 2.29. The number of aryl methyl sites for hydroxylation is 1. The van der Waals surface area contributed by atoms with Crippen LogP contribution in [0.5, 0.6) is 0 Å². The van der Waals surface area contributed by atoms with Crippen molar-refractivity contribution in [3.05, 3.63) is 18.1 Å². The molecule has 16 heavy (non-hydrogen) atoms. The van der Waals surface area contributed by atoms with E-state index in [1.165, 1.54) is 0 Å². The normalized spacial score (nSPS) is 16.6. The highest BCUT2D eigenvalue weighted by Gasteiger charge is 2.16. The Kier molecular flexibility index (Phi) is 6.18. The molecule has 0 unspecified atom stereocenters. The molecule has 90 valence electrons. The Bertz CT molecular complexity index is 352. The summed E-state index contributed by atoms with van der Waals surface area (Å²) in [5.41, 5.74) is 0.974. The van der Waals surface area contributed by atoms with E-state index >= 15 is 0 Å². The van der Waals surface area contributed by atoms with E-state index in [9.17, 15) is 4.21 Å². The van der Waals surface area contributed by atoms with Crippen LogP contribution in [0.15, 0.2) is 12.4 Å². The number of hydrogen-bond donors (Lipinski definition) is 0. The average Bonchev–Trinajstić information content (AvgIpc) is 2.32. The highest BCUT2D eigenvalue weighted by atomic mass is 127. The first-order valence-electron chi connectivity index (χ1n) is 5.02. The number of alkyl halides is 1. The van der Waals surface area contributed by atoms with Gasteiger partial charge in [0.2, 0.25) is 0 Å². The molecule has 1 aromatic rings. The van der Waals surface area contributed by atoms with Gasteiger partial charge in [0.1, 0.15) is 12.1 Å². The van der Waals surface area contributed by atoms with Gasteiger partial charge in [0.25, 0.3) is 0 Å². The van der Waals surface area contributed by atoms with E-state index in [-0.39, 0.29) is 0 Å². The second-order valence-electron chi connectivity index (χ2n) is 3.35. The maximum absolute atomic E-state index is 11.2. The van der Waals surface area contributed by atoms with E-state index in [2.05, 4.69) is 37.5 Å². The van der Waals surface area contributed by atoms with Gasteiger partial charge in [-0.1, -0.05) is 22.6 Å². The van der Waals surface area contributed by atoms with Gasteiger partial charge in [-0.2, -0.15) is 0 Å². The Morgan fingerprint density at radius 3 is 2.50 bits per heavy atom. The minimum absolute atomic E-state index is 0.625. The first-order chi connectivity index (χ1) is 7.75. The van der Waals surface area contributed by atoms with Gasteiger partial charge in [-0.25, -0.2) is 9.97 Å². The largest absolute Gasteiger partial charge is 0.355 e. The van der Waals surface area contributed by atoms with Crippen molar-refractivity contribution in [2.45, 2.75) is 6.92 Å². The van der Waals surface area contributed by atoms with Gasteiger partial charge in [0.05, 0.1) is 0 Å². The number of nitrogens with zero attached hydrogens (tertiary/aromatic N) is 3. The summed E-state index contributed by atoms with van der Waals surface area (Å²) in [6, 6.07) is 1.97. The summed E-state index contributed by atoms with van der Waals surface area (Å²) < 4.78 is 11.2. The van der Waals surface area contributed by atoms with Crippen molar-refractivity contribution in [3.8, 4) is 0 Å². The maximum atomic E-state index is 11.2. The van der Waals surface area contributed by atoms with Crippen LogP contribution >= 0.6 is 22.6 Å². The zero-order valence-corrected chi connectivity index (χ0v) is 12.5. The molecule has 0 atom stereocenters. The molecule has 0 radical (unpaired) electrons. The third-order valence-corrected chi connectivity index (χ3v) is 3.57. The molecular formula is C10H16IN3OS. The summed E-state index contributed by atoms with van der Waals surface area (Å²) in [5, 5.41) is 0. The fourth-order valence-electron chi connectivity index (χ4n) is 1.48. The van der Waals surface area contributed by atoms with E-state index in [0.29, 0.717) is 0 Å². The molecular weight excluding hydrogens is 337 g/mol. The van der Waals surface area contributed by atoms with Crippen LogP contribution in [0.3, 0.4) is 0 Å². The Balaban J connectivity index is 0.000000606. The highest BCUT2D eigenvalue weighted by Crippen LogP contribution is 2.12. The van der Waals surface area contributed by atoms with Crippen molar-refractivity contribution in [1.82, 2.24) is 9.97 Å². The van der Waals surface area contributed by atoms with Crippen molar-refractivity contribution >= 4 is 39.2 Å². The number of aromatic nitrogens is 2. The summed E-state index contributed by atoms with van der Waals surface area (Å²) in [7, 11) is -0.625. The summed E-state index contributed by atoms with van der Waals surface area (Å²) in [6.45, 7) is 3.62. The standard InChI is InChI=1S/C9H13N3OS.CH3I/c1-8-6-9(11-7-10-8)12-2-4-14(13)5-3-12;1-2/h6-7H,2-5H2,1H3;1H3. The van der Waals surface area contributed by atoms with E-state index < -0.39 is 10.8 Å². The van der Waals surface area contributed by atoms with Crippen LogP contribution in [-0.4, -0.2) is 43.7 Å². The smallest absolute Gasteiger partial charge is 0.132 e. The van der Waals surface area contributed by atoms with Crippen LogP contribution in [0.25, 0.3) is 0 Å². The average molecular weight is 353 g/mol. The number of rotatable bonds is 1. The Morgan fingerprint density at radius 2 is 1.94 bits per heavy atom. The Labute approximate surface area is 112 Å². The number of halogens is 1. The molecule has 2 rings (SSSR count). The van der Waals surface area contributed by atoms with Crippen molar-refractivity contribution in [2.75, 3.05) is 34.4 Å². The lowest BCUT2D eigenvalue weighted by Crippen LogP contribution is -2.38. The lowest BCUT2D eigenvalue weighted by atomic mass is 10.4. The van der Waals surface area contributed by atoms with E-state index in [0.717, 1.165) is 36.1 Å². The quantitative estimate of drug-likeness (QED) is 0.566. The molecule has 0 aliphatic carbocycles. The molecule has 0 spiro atoms. The zero-order chi connectivity index (χ0) is 12.0. The first kappa shape index (κ1) is 13.8. The maximum Gasteiger partial charge on any atom is 0.132 e. The van der Waals surface area contributed by atoms with Crippen LogP contribution in [0.1, 0.15) is 5.69 Å². The molecule has 0 saturated carbocycles. The lowest BCUT2D eigenvalue weighted by Gasteiger charge is -2.27. The van der Waals surface area contributed by atoms with E-state index in [1.54, 1.807) is 6.33 Å². The SMILES string of the molecule is CI.Cc1cc(N2CCS(=O)CC2)ncn1. The van der Waals surface area contributed by atoms with Gasteiger partial charge in [0.15, 0.2) is 0 Å². The Morgan fingerprint density at radius 1 is 1.31 bits per heavy atom. The summed E-state index contributed by atoms with van der Waals surface area (Å²) in [4.78, 5) is 12.4. The molecule has 1 aliphatic heterocycles. The molecule has 6 heteroatoms. The van der Waals surface area contributed by atoms with Crippen LogP contribution in [0.2, 0.25) is 0 Å². The molecule has 1 aromatic heterocycles. The van der Waals surface area contributed by atoms with Crippen LogP contribution in [-0.2, 0) is 10.8 Å². The predicted molar refractivity (Wildman–Crippen MR) is 76.8 cm³/mol. The van der Waals surface area contributed by atoms with Crippen LogP contribution < -0.4 is 4.90 Å². The molecule has 1 aliphatic rings. The van der Waals surface area contributed by atoms with Gasteiger partial charge in [0, 0.05) is 47.2 Å². The molecule has 1 fully saturated rings. The van der Waals surface area contributed by atoms with Crippen LogP contribution in [0.4, 0.5) is 5.82 Å². The second kappa shape index (κ2) is 7.16. The highest BCUT2D eigenvalue weighted by molar-refractivity contribution is 14.1. The first-order valence-corrected chi connectivity index (χ1v) is 8.66. The van der Waals surface area contributed by atoms with Gasteiger partial charge in [-0.05, 0) is 11.9 Å². The van der Waals surface area contributed by atoms with Gasteiger partial charge in [-0.15, -0.1) is 0 Å². The van der Waals surface area contributed by atoms with E-state index in [1.807, 2.05) is 17.9 Å². The minimum atomic E-state index is -0.625. The topological polar surface area (TPSA) is 46.1 Å².